The van der Waals surface area contributed by atoms with Crippen molar-refractivity contribution in [3.8, 4) is 5.75 Å². The molecule has 1 heterocycles. The molecule has 1 aliphatic rings. The number of hydrogen-bond acceptors (Lipinski definition) is 4. The van der Waals surface area contributed by atoms with Gasteiger partial charge in [-0.15, -0.1) is 0 Å². The molecule has 2 rings (SSSR count). The van der Waals surface area contributed by atoms with E-state index in [0.29, 0.717) is 25.0 Å². The summed E-state index contributed by atoms with van der Waals surface area (Å²) >= 11 is 0. The molecule has 0 spiro atoms. The minimum absolute atomic E-state index is 0.00495. The van der Waals surface area contributed by atoms with Gasteiger partial charge in [0.05, 0.1) is 6.61 Å². The van der Waals surface area contributed by atoms with Crippen LogP contribution in [0.3, 0.4) is 0 Å². The van der Waals surface area contributed by atoms with Crippen LogP contribution in [0.2, 0.25) is 0 Å². The van der Waals surface area contributed by atoms with Gasteiger partial charge in [0.25, 0.3) is 0 Å². The van der Waals surface area contributed by atoms with Crippen LogP contribution in [0.5, 0.6) is 5.75 Å². The fourth-order valence-corrected chi connectivity index (χ4v) is 2.50. The molecule has 2 N–H and O–H groups in total. The number of rotatable bonds is 5. The van der Waals surface area contributed by atoms with Crippen LogP contribution in [0.15, 0.2) is 18.2 Å². The first-order chi connectivity index (χ1) is 9.97. The van der Waals surface area contributed by atoms with Gasteiger partial charge < -0.3 is 15.2 Å². The van der Waals surface area contributed by atoms with Gasteiger partial charge in [0.15, 0.2) is 0 Å². The molecule has 21 heavy (non-hydrogen) atoms. The van der Waals surface area contributed by atoms with Crippen LogP contribution in [-0.2, 0) is 4.74 Å². The summed E-state index contributed by atoms with van der Waals surface area (Å²) in [6.45, 7) is 9.09. The molecule has 0 aliphatic carbocycles. The molecule has 118 valence electrons. The predicted molar refractivity (Wildman–Crippen MR) is 80.9 cm³/mol. The lowest BCUT2D eigenvalue weighted by Crippen LogP contribution is -2.47. The summed E-state index contributed by atoms with van der Waals surface area (Å²) in [6.07, 6.45) is 0.00495. The van der Waals surface area contributed by atoms with Crippen LogP contribution in [0.25, 0.3) is 0 Å². The van der Waals surface area contributed by atoms with Crippen LogP contribution < -0.4 is 10.5 Å². The first-order valence-electron chi connectivity index (χ1n) is 7.51. The second kappa shape index (κ2) is 7.20. The van der Waals surface area contributed by atoms with Gasteiger partial charge in [-0.2, -0.15) is 0 Å². The molecular formula is C16H25FN2O2. The lowest BCUT2D eigenvalue weighted by Gasteiger charge is -2.35. The summed E-state index contributed by atoms with van der Waals surface area (Å²) < 4.78 is 24.9. The molecule has 0 bridgehead atoms. The van der Waals surface area contributed by atoms with Crippen molar-refractivity contribution in [2.45, 2.75) is 39.0 Å². The third-order valence-corrected chi connectivity index (χ3v) is 3.79. The maximum Gasteiger partial charge on any atom is 0.127 e. The minimum Gasteiger partial charge on any atom is -0.490 e. The average molecular weight is 296 g/mol. The zero-order valence-electron chi connectivity index (χ0n) is 13.0. The molecule has 0 amide bonds. The van der Waals surface area contributed by atoms with Gasteiger partial charge in [0.1, 0.15) is 24.3 Å². The number of nitrogens with two attached hydrogens (primary N) is 1. The fourth-order valence-electron chi connectivity index (χ4n) is 2.50. The number of hydrogen-bond donors (Lipinski definition) is 1. The maximum absolute atomic E-state index is 13.4. The number of nitrogens with zero attached hydrogens (tertiary/aromatic N) is 1. The van der Waals surface area contributed by atoms with Gasteiger partial charge in [-0.1, -0.05) is 6.07 Å². The van der Waals surface area contributed by atoms with Gasteiger partial charge in [0, 0.05) is 36.8 Å². The van der Waals surface area contributed by atoms with Crippen molar-refractivity contribution in [2.24, 2.45) is 5.73 Å². The van der Waals surface area contributed by atoms with E-state index in [2.05, 4.69) is 18.7 Å². The Labute approximate surface area is 126 Å². The Morgan fingerprint density at radius 3 is 2.86 bits per heavy atom. The Balaban J connectivity index is 1.98. The van der Waals surface area contributed by atoms with E-state index in [1.165, 1.54) is 12.1 Å². The topological polar surface area (TPSA) is 47.7 Å². The van der Waals surface area contributed by atoms with E-state index in [-0.39, 0.29) is 18.0 Å². The highest BCUT2D eigenvalue weighted by Gasteiger charge is 2.23. The first-order valence-corrected chi connectivity index (χ1v) is 7.51. The molecule has 5 heteroatoms. The van der Waals surface area contributed by atoms with E-state index in [0.717, 1.165) is 18.7 Å². The van der Waals surface area contributed by atoms with Crippen molar-refractivity contribution in [1.82, 2.24) is 4.90 Å². The monoisotopic (exact) mass is 296 g/mol. The molecule has 1 aromatic rings. The number of ether oxygens (including phenoxy) is 2. The largest absolute Gasteiger partial charge is 0.490 e. The molecule has 1 saturated heterocycles. The molecule has 1 aromatic carbocycles. The van der Waals surface area contributed by atoms with Crippen molar-refractivity contribution >= 4 is 0 Å². The van der Waals surface area contributed by atoms with Gasteiger partial charge in [-0.25, -0.2) is 4.39 Å². The molecule has 2 atom stereocenters. The van der Waals surface area contributed by atoms with E-state index in [1.54, 1.807) is 6.07 Å². The number of benzene rings is 1. The van der Waals surface area contributed by atoms with Crippen molar-refractivity contribution in [2.75, 3.05) is 26.3 Å². The maximum atomic E-state index is 13.4. The SMILES string of the molecule is CC(C)N1CCOC(COc2cc(F)ccc2[C@H](C)N)C1. The third kappa shape index (κ3) is 4.40. The van der Waals surface area contributed by atoms with Gasteiger partial charge in [0.2, 0.25) is 0 Å². The highest BCUT2D eigenvalue weighted by molar-refractivity contribution is 5.36. The summed E-state index contributed by atoms with van der Waals surface area (Å²) in [5, 5.41) is 0. The summed E-state index contributed by atoms with van der Waals surface area (Å²) in [6, 6.07) is 4.77. The Morgan fingerprint density at radius 1 is 1.43 bits per heavy atom. The van der Waals surface area contributed by atoms with Crippen LogP contribution in [0.1, 0.15) is 32.4 Å². The zero-order chi connectivity index (χ0) is 15.4. The summed E-state index contributed by atoms with van der Waals surface area (Å²) in [4.78, 5) is 2.36. The Kier molecular flexibility index (Phi) is 5.56. The smallest absolute Gasteiger partial charge is 0.127 e. The van der Waals surface area contributed by atoms with E-state index in [4.69, 9.17) is 15.2 Å². The lowest BCUT2D eigenvalue weighted by atomic mass is 10.1. The summed E-state index contributed by atoms with van der Waals surface area (Å²) in [7, 11) is 0. The van der Waals surface area contributed by atoms with E-state index >= 15 is 0 Å². The zero-order valence-corrected chi connectivity index (χ0v) is 13.0. The molecule has 4 nitrogen and oxygen atoms in total. The molecule has 1 unspecified atom stereocenters. The minimum atomic E-state index is -0.317. The van der Waals surface area contributed by atoms with Crippen LogP contribution in [0, 0.1) is 5.82 Å². The standard InChI is InChI=1S/C16H25FN2O2/c1-11(2)19-6-7-20-14(9-19)10-21-16-8-13(17)4-5-15(16)12(3)18/h4-5,8,11-12,14H,6-7,9-10,18H2,1-3H3/t12-,14?/m0/s1. The lowest BCUT2D eigenvalue weighted by molar-refractivity contribution is -0.0566. The van der Waals surface area contributed by atoms with E-state index in [1.807, 2.05) is 6.92 Å². The second-order valence-corrected chi connectivity index (χ2v) is 5.86. The van der Waals surface area contributed by atoms with Gasteiger partial charge in [-0.05, 0) is 26.8 Å². The van der Waals surface area contributed by atoms with Crippen molar-refractivity contribution in [3.05, 3.63) is 29.6 Å². The molecule has 1 fully saturated rings. The molecule has 0 saturated carbocycles. The third-order valence-electron chi connectivity index (χ3n) is 3.79. The highest BCUT2D eigenvalue weighted by atomic mass is 19.1. The normalized spacial score (nSPS) is 21.5. The number of halogens is 1. The van der Waals surface area contributed by atoms with E-state index in [9.17, 15) is 4.39 Å². The molecule has 0 aromatic heterocycles. The summed E-state index contributed by atoms with van der Waals surface area (Å²) in [5.41, 5.74) is 6.71. The van der Waals surface area contributed by atoms with Gasteiger partial charge in [-0.3, -0.25) is 4.90 Å². The Morgan fingerprint density at radius 2 is 2.19 bits per heavy atom. The first kappa shape index (κ1) is 16.2. The second-order valence-electron chi connectivity index (χ2n) is 5.86. The summed E-state index contributed by atoms with van der Waals surface area (Å²) in [5.74, 6) is 0.193. The molecule has 1 aliphatic heterocycles. The fraction of sp³-hybridized carbons (Fsp3) is 0.625. The van der Waals surface area contributed by atoms with Crippen LogP contribution in [0.4, 0.5) is 4.39 Å². The average Bonchev–Trinajstić information content (AvgIpc) is 2.45. The van der Waals surface area contributed by atoms with Crippen molar-refractivity contribution in [1.29, 1.82) is 0 Å². The predicted octanol–water partition coefficient (Wildman–Crippen LogP) is 2.33. The Bertz CT molecular complexity index is 466. The quantitative estimate of drug-likeness (QED) is 0.906. The Hall–Kier alpha value is -1.17. The highest BCUT2D eigenvalue weighted by Crippen LogP contribution is 2.25. The van der Waals surface area contributed by atoms with Crippen LogP contribution >= 0.6 is 0 Å². The van der Waals surface area contributed by atoms with Crippen LogP contribution in [-0.4, -0.2) is 43.3 Å². The molecule has 0 radical (unpaired) electrons. The van der Waals surface area contributed by atoms with Crippen molar-refractivity contribution in [3.63, 3.8) is 0 Å². The van der Waals surface area contributed by atoms with E-state index < -0.39 is 0 Å². The van der Waals surface area contributed by atoms with Crippen molar-refractivity contribution < 1.29 is 13.9 Å². The molecular weight excluding hydrogens is 271 g/mol. The number of morpholine rings is 1. The van der Waals surface area contributed by atoms with Gasteiger partial charge >= 0.3 is 0 Å².